The van der Waals surface area contributed by atoms with Crippen LogP contribution < -0.4 is 10.6 Å². The number of nitrogens with zero attached hydrogens (tertiary/aromatic N) is 3. The minimum absolute atomic E-state index is 0.0606. The average molecular weight is 545 g/mol. The number of thiophene rings is 1. The summed E-state index contributed by atoms with van der Waals surface area (Å²) in [6.07, 6.45) is 12.7. The number of aromatic nitrogens is 2. The van der Waals surface area contributed by atoms with E-state index in [1.807, 2.05) is 17.0 Å². The van der Waals surface area contributed by atoms with Crippen LogP contribution in [0.5, 0.6) is 0 Å². The third kappa shape index (κ3) is 5.70. The maximum Gasteiger partial charge on any atom is 0.246 e. The highest BCUT2D eigenvalue weighted by molar-refractivity contribution is 7.19. The fourth-order valence-electron chi connectivity index (χ4n) is 5.24. The highest BCUT2D eigenvalue weighted by Gasteiger charge is 2.26. The predicted molar refractivity (Wildman–Crippen MR) is 149 cm³/mol. The molecule has 1 amide bonds. The molecule has 1 fully saturated rings. The van der Waals surface area contributed by atoms with Gasteiger partial charge in [0.25, 0.3) is 0 Å². The molecular formula is C27H31Cl2N5OS. The summed E-state index contributed by atoms with van der Waals surface area (Å²) >= 11 is 13.9. The van der Waals surface area contributed by atoms with Crippen LogP contribution in [-0.2, 0) is 17.8 Å². The first kappa shape index (κ1) is 25.5. The van der Waals surface area contributed by atoms with Crippen molar-refractivity contribution in [1.82, 2.24) is 20.2 Å². The zero-order chi connectivity index (χ0) is 25.1. The van der Waals surface area contributed by atoms with Crippen molar-refractivity contribution in [2.45, 2.75) is 58.0 Å². The van der Waals surface area contributed by atoms with Gasteiger partial charge in [-0.2, -0.15) is 0 Å². The van der Waals surface area contributed by atoms with Gasteiger partial charge in [-0.05, 0) is 55.9 Å². The number of rotatable bonds is 7. The van der Waals surface area contributed by atoms with Crippen molar-refractivity contribution < 1.29 is 4.79 Å². The Balaban J connectivity index is 1.23. The van der Waals surface area contributed by atoms with E-state index >= 15 is 0 Å². The van der Waals surface area contributed by atoms with E-state index in [1.165, 1.54) is 42.5 Å². The second-order valence-corrected chi connectivity index (χ2v) is 11.6. The number of anilines is 2. The molecule has 6 nitrogen and oxygen atoms in total. The Labute approximate surface area is 226 Å². The average Bonchev–Trinajstić information content (AvgIpc) is 3.28. The van der Waals surface area contributed by atoms with Crippen molar-refractivity contribution in [3.8, 4) is 0 Å². The van der Waals surface area contributed by atoms with Gasteiger partial charge in [0.1, 0.15) is 17.0 Å². The largest absolute Gasteiger partial charge is 0.340 e. The van der Waals surface area contributed by atoms with Crippen molar-refractivity contribution in [3.05, 3.63) is 57.2 Å². The van der Waals surface area contributed by atoms with Gasteiger partial charge < -0.3 is 15.5 Å². The molecule has 36 heavy (non-hydrogen) atoms. The molecule has 1 aromatic carbocycles. The lowest BCUT2D eigenvalue weighted by Gasteiger charge is -2.28. The lowest BCUT2D eigenvalue weighted by atomic mass is 9.84. The summed E-state index contributed by atoms with van der Waals surface area (Å²) in [5.74, 6) is 1.56. The molecular weight excluding hydrogens is 513 g/mol. The van der Waals surface area contributed by atoms with E-state index in [0.29, 0.717) is 29.2 Å². The van der Waals surface area contributed by atoms with E-state index < -0.39 is 0 Å². The lowest BCUT2D eigenvalue weighted by Crippen LogP contribution is -2.35. The van der Waals surface area contributed by atoms with Crippen molar-refractivity contribution in [2.75, 3.05) is 18.4 Å². The quantitative estimate of drug-likeness (QED) is 0.323. The molecule has 0 saturated heterocycles. The number of hydrogen-bond acceptors (Lipinski definition) is 6. The number of amides is 1. The number of fused-ring (bicyclic) bond motifs is 3. The Hall–Kier alpha value is -2.19. The molecule has 0 bridgehead atoms. The Morgan fingerprint density at radius 1 is 1.22 bits per heavy atom. The minimum atomic E-state index is 0.0606. The fraction of sp³-hybridized carbons (Fsp3) is 0.444. The summed E-state index contributed by atoms with van der Waals surface area (Å²) in [6, 6.07) is 5.91. The Morgan fingerprint density at radius 3 is 2.86 bits per heavy atom. The highest BCUT2D eigenvalue weighted by Crippen LogP contribution is 2.38. The Morgan fingerprint density at radius 2 is 2.06 bits per heavy atom. The van der Waals surface area contributed by atoms with Gasteiger partial charge >= 0.3 is 0 Å². The standard InChI is InChI=1S/C27H31Cl2N5OS/c1-17(18-6-3-2-4-7-18)30-12-5-8-24(35)34-13-11-20-23(15-34)36-27-25(20)26(31-16-32-27)33-19-9-10-21(28)22(29)14-19/h5,8-10,14,16-18,30H,2-4,6-7,11-13,15H2,1H3,(H,31,32,33). The maximum atomic E-state index is 12.9. The van der Waals surface area contributed by atoms with Gasteiger partial charge in [-0.3, -0.25) is 4.79 Å². The van der Waals surface area contributed by atoms with Crippen LogP contribution >= 0.6 is 34.5 Å². The number of hydrogen-bond donors (Lipinski definition) is 2. The molecule has 2 N–H and O–H groups in total. The van der Waals surface area contributed by atoms with Crippen molar-refractivity contribution in [1.29, 1.82) is 0 Å². The molecule has 9 heteroatoms. The van der Waals surface area contributed by atoms with Crippen LogP contribution in [0.3, 0.4) is 0 Å². The third-order valence-corrected chi connectivity index (χ3v) is 9.17. The summed E-state index contributed by atoms with van der Waals surface area (Å²) in [5.41, 5.74) is 2.03. The van der Waals surface area contributed by atoms with Crippen LogP contribution in [-0.4, -0.2) is 39.9 Å². The molecule has 1 atom stereocenters. The van der Waals surface area contributed by atoms with Gasteiger partial charge in [0.15, 0.2) is 0 Å². The van der Waals surface area contributed by atoms with Crippen LogP contribution in [0.4, 0.5) is 11.5 Å². The lowest BCUT2D eigenvalue weighted by molar-refractivity contribution is -0.126. The third-order valence-electron chi connectivity index (χ3n) is 7.31. The predicted octanol–water partition coefficient (Wildman–Crippen LogP) is 6.74. The number of nitrogens with one attached hydrogen (secondary N) is 2. The van der Waals surface area contributed by atoms with E-state index in [4.69, 9.17) is 23.2 Å². The summed E-state index contributed by atoms with van der Waals surface area (Å²) in [5, 5.41) is 8.97. The van der Waals surface area contributed by atoms with Crippen molar-refractivity contribution >= 4 is 62.2 Å². The fourth-order valence-corrected chi connectivity index (χ4v) is 6.74. The molecule has 3 heterocycles. The molecule has 3 aromatic rings. The van der Waals surface area contributed by atoms with Crippen molar-refractivity contribution in [2.24, 2.45) is 5.92 Å². The minimum Gasteiger partial charge on any atom is -0.340 e. The molecule has 0 spiro atoms. The zero-order valence-electron chi connectivity index (χ0n) is 20.4. The number of halogens is 2. The first-order chi connectivity index (χ1) is 17.5. The number of carbonyl (C=O) groups is 1. The molecule has 1 unspecified atom stereocenters. The molecule has 0 radical (unpaired) electrons. The van der Waals surface area contributed by atoms with Crippen LogP contribution in [0.2, 0.25) is 10.0 Å². The molecule has 5 rings (SSSR count). The van der Waals surface area contributed by atoms with Crippen LogP contribution in [0.15, 0.2) is 36.7 Å². The second-order valence-electron chi connectivity index (χ2n) is 9.67. The molecule has 190 valence electrons. The van der Waals surface area contributed by atoms with Gasteiger partial charge in [-0.15, -0.1) is 11.3 Å². The van der Waals surface area contributed by atoms with E-state index in [9.17, 15) is 4.79 Å². The van der Waals surface area contributed by atoms with E-state index in [0.717, 1.165) is 40.6 Å². The van der Waals surface area contributed by atoms with Gasteiger partial charge in [0.2, 0.25) is 5.91 Å². The SMILES string of the molecule is CC(NCC=CC(=O)N1CCc2c(sc3ncnc(Nc4ccc(Cl)c(Cl)c4)c23)C1)C1CCCCC1. The van der Waals surface area contributed by atoms with Gasteiger partial charge in [0, 0.05) is 35.8 Å². The molecule has 2 aromatic heterocycles. The summed E-state index contributed by atoms with van der Waals surface area (Å²) in [6.45, 7) is 4.27. The number of carbonyl (C=O) groups excluding carboxylic acids is 1. The zero-order valence-corrected chi connectivity index (χ0v) is 22.7. The molecule has 1 saturated carbocycles. The molecule has 1 aliphatic carbocycles. The van der Waals surface area contributed by atoms with E-state index in [1.54, 1.807) is 35.9 Å². The van der Waals surface area contributed by atoms with E-state index in [2.05, 4.69) is 27.5 Å². The maximum absolute atomic E-state index is 12.9. The van der Waals surface area contributed by atoms with E-state index in [-0.39, 0.29) is 5.91 Å². The second kappa shape index (κ2) is 11.5. The van der Waals surface area contributed by atoms with Gasteiger partial charge in [-0.25, -0.2) is 9.97 Å². The first-order valence-corrected chi connectivity index (χ1v) is 14.2. The molecule has 1 aliphatic heterocycles. The topological polar surface area (TPSA) is 70.2 Å². The Bertz CT molecular complexity index is 1270. The van der Waals surface area contributed by atoms with Crippen LogP contribution in [0.25, 0.3) is 10.2 Å². The molecule has 2 aliphatic rings. The van der Waals surface area contributed by atoms with Gasteiger partial charge in [-0.1, -0.05) is 48.5 Å². The first-order valence-electron chi connectivity index (χ1n) is 12.7. The Kier molecular flexibility index (Phi) is 8.11. The van der Waals surface area contributed by atoms with Gasteiger partial charge in [0.05, 0.1) is 22.0 Å². The smallest absolute Gasteiger partial charge is 0.246 e. The van der Waals surface area contributed by atoms with Crippen molar-refractivity contribution in [3.63, 3.8) is 0 Å². The monoisotopic (exact) mass is 543 g/mol. The van der Waals surface area contributed by atoms with Crippen LogP contribution in [0.1, 0.15) is 49.5 Å². The summed E-state index contributed by atoms with van der Waals surface area (Å²) in [4.78, 5) is 25.9. The van der Waals surface area contributed by atoms with Crippen LogP contribution in [0, 0.1) is 5.92 Å². The highest BCUT2D eigenvalue weighted by atomic mass is 35.5. The normalized spacial score (nSPS) is 17.5. The summed E-state index contributed by atoms with van der Waals surface area (Å²) in [7, 11) is 0. The summed E-state index contributed by atoms with van der Waals surface area (Å²) < 4.78 is 0. The number of benzene rings is 1.